The first-order valence-corrected chi connectivity index (χ1v) is 7.65. The van der Waals surface area contributed by atoms with Crippen molar-refractivity contribution in [3.8, 4) is 0 Å². The third-order valence-corrected chi connectivity index (χ3v) is 3.97. The Bertz CT molecular complexity index is 499. The van der Waals surface area contributed by atoms with Crippen molar-refractivity contribution in [1.29, 1.82) is 0 Å². The smallest absolute Gasteiger partial charge is 0.247 e. The predicted octanol–water partition coefficient (Wildman–Crippen LogP) is 3.03. The summed E-state index contributed by atoms with van der Waals surface area (Å²) in [6.45, 7) is 4.41. The number of anilines is 1. The van der Waals surface area contributed by atoms with E-state index in [1.807, 2.05) is 38.1 Å². The Balaban J connectivity index is 2.04. The van der Waals surface area contributed by atoms with E-state index in [1.54, 1.807) is 4.90 Å². The van der Waals surface area contributed by atoms with Crippen molar-refractivity contribution < 1.29 is 9.59 Å². The number of nitrogens with one attached hydrogen (secondary N) is 1. The van der Waals surface area contributed by atoms with E-state index < -0.39 is 0 Å². The van der Waals surface area contributed by atoms with Crippen LogP contribution >= 0.6 is 15.9 Å². The monoisotopic (exact) mass is 338 g/mol. The zero-order chi connectivity index (χ0) is 14.7. The van der Waals surface area contributed by atoms with Crippen molar-refractivity contribution in [1.82, 2.24) is 4.90 Å². The maximum atomic E-state index is 12.3. The van der Waals surface area contributed by atoms with Crippen LogP contribution in [0.25, 0.3) is 0 Å². The molecule has 0 saturated carbocycles. The fraction of sp³-hybridized carbons (Fsp3) is 0.467. The van der Waals surface area contributed by atoms with Crippen LogP contribution < -0.4 is 5.32 Å². The molecule has 0 aromatic heterocycles. The van der Waals surface area contributed by atoms with E-state index in [0.29, 0.717) is 6.54 Å². The summed E-state index contributed by atoms with van der Waals surface area (Å²) in [7, 11) is 0. The number of rotatable bonds is 3. The van der Waals surface area contributed by atoms with Gasteiger partial charge in [-0.1, -0.05) is 29.8 Å². The quantitative estimate of drug-likeness (QED) is 0.920. The Kier molecular flexibility index (Phi) is 4.81. The summed E-state index contributed by atoms with van der Waals surface area (Å²) in [5.41, 5.74) is 0.752. The van der Waals surface area contributed by atoms with Gasteiger partial charge >= 0.3 is 0 Å². The summed E-state index contributed by atoms with van der Waals surface area (Å²) < 4.78 is 0.966. The molecule has 0 radical (unpaired) electrons. The fourth-order valence-corrected chi connectivity index (χ4v) is 2.66. The van der Waals surface area contributed by atoms with Gasteiger partial charge in [-0.15, -0.1) is 0 Å². The van der Waals surface area contributed by atoms with Crippen molar-refractivity contribution >= 4 is 33.4 Å². The third-order valence-electron chi connectivity index (χ3n) is 3.44. The van der Waals surface area contributed by atoms with Crippen LogP contribution in [-0.2, 0) is 9.59 Å². The number of amides is 2. The van der Waals surface area contributed by atoms with E-state index in [4.69, 9.17) is 0 Å². The van der Waals surface area contributed by atoms with E-state index in [2.05, 4.69) is 21.2 Å². The Morgan fingerprint density at radius 1 is 1.30 bits per heavy atom. The number of nitrogens with zero attached hydrogens (tertiary/aromatic N) is 1. The fourth-order valence-electron chi connectivity index (χ4n) is 2.39. The number of carbonyl (C=O) groups excluding carboxylic acids is 2. The van der Waals surface area contributed by atoms with Gasteiger partial charge in [0.25, 0.3) is 0 Å². The molecule has 2 amide bonds. The third kappa shape index (κ3) is 3.39. The lowest BCUT2D eigenvalue weighted by Gasteiger charge is -2.25. The highest BCUT2D eigenvalue weighted by Crippen LogP contribution is 2.22. The van der Waals surface area contributed by atoms with E-state index in [1.165, 1.54) is 0 Å². The second-order valence-corrected chi connectivity index (χ2v) is 6.26. The van der Waals surface area contributed by atoms with Crippen LogP contribution in [0, 0.1) is 5.92 Å². The molecule has 1 aliphatic rings. The molecule has 1 unspecified atom stereocenters. The second kappa shape index (κ2) is 6.39. The van der Waals surface area contributed by atoms with Gasteiger partial charge < -0.3 is 10.2 Å². The van der Waals surface area contributed by atoms with Gasteiger partial charge in [0.05, 0.1) is 0 Å². The van der Waals surface area contributed by atoms with Crippen LogP contribution in [0.3, 0.4) is 0 Å². The first-order chi connectivity index (χ1) is 9.49. The molecule has 0 bridgehead atoms. The molecular formula is C15H19BrN2O2. The summed E-state index contributed by atoms with van der Waals surface area (Å²) in [4.78, 5) is 26.1. The van der Waals surface area contributed by atoms with Crippen LogP contribution in [0.2, 0.25) is 0 Å². The molecule has 1 aromatic rings. The van der Waals surface area contributed by atoms with Gasteiger partial charge in [0.1, 0.15) is 6.04 Å². The molecule has 4 nitrogen and oxygen atoms in total. The Hall–Kier alpha value is -1.36. The van der Waals surface area contributed by atoms with E-state index in [9.17, 15) is 9.59 Å². The molecule has 1 fully saturated rings. The highest BCUT2D eigenvalue weighted by atomic mass is 79.9. The number of hydrogen-bond donors (Lipinski definition) is 1. The molecule has 1 atom stereocenters. The molecule has 20 heavy (non-hydrogen) atoms. The van der Waals surface area contributed by atoms with E-state index in [0.717, 1.165) is 23.0 Å². The molecule has 1 N–H and O–H groups in total. The highest BCUT2D eigenvalue weighted by Gasteiger charge is 2.34. The lowest BCUT2D eigenvalue weighted by molar-refractivity contribution is -0.139. The lowest BCUT2D eigenvalue weighted by Crippen LogP contribution is -2.44. The zero-order valence-corrected chi connectivity index (χ0v) is 13.3. The molecule has 1 saturated heterocycles. The van der Waals surface area contributed by atoms with Crippen LogP contribution in [0.4, 0.5) is 5.69 Å². The summed E-state index contributed by atoms with van der Waals surface area (Å²) >= 11 is 3.36. The molecule has 1 heterocycles. The zero-order valence-electron chi connectivity index (χ0n) is 11.7. The summed E-state index contributed by atoms with van der Waals surface area (Å²) in [5, 5.41) is 2.88. The first-order valence-electron chi connectivity index (χ1n) is 6.86. The minimum absolute atomic E-state index is 0.0541. The highest BCUT2D eigenvalue weighted by molar-refractivity contribution is 9.10. The normalized spacial score (nSPS) is 18.4. The topological polar surface area (TPSA) is 49.4 Å². The van der Waals surface area contributed by atoms with Crippen LogP contribution in [0.1, 0.15) is 26.7 Å². The SMILES string of the molecule is CC(C)C(=O)N1CCCC1C(=O)Nc1ccc(Br)cc1. The van der Waals surface area contributed by atoms with E-state index in [-0.39, 0.29) is 23.8 Å². The molecule has 2 rings (SSSR count). The molecule has 0 spiro atoms. The van der Waals surface area contributed by atoms with Crippen molar-refractivity contribution in [2.24, 2.45) is 5.92 Å². The van der Waals surface area contributed by atoms with Gasteiger partial charge in [0, 0.05) is 22.6 Å². The summed E-state index contributed by atoms with van der Waals surface area (Å²) in [5.74, 6) is -0.117. The Morgan fingerprint density at radius 2 is 1.95 bits per heavy atom. The number of likely N-dealkylation sites (tertiary alicyclic amines) is 1. The summed E-state index contributed by atoms with van der Waals surface area (Å²) in [6.07, 6.45) is 1.62. The van der Waals surface area contributed by atoms with E-state index >= 15 is 0 Å². The van der Waals surface area contributed by atoms with Crippen LogP contribution in [-0.4, -0.2) is 29.3 Å². The van der Waals surface area contributed by atoms with Gasteiger partial charge in [-0.05, 0) is 37.1 Å². The number of carbonyl (C=O) groups is 2. The van der Waals surface area contributed by atoms with Crippen molar-refractivity contribution in [3.63, 3.8) is 0 Å². The standard InChI is InChI=1S/C15H19BrN2O2/c1-10(2)15(20)18-9-3-4-13(18)14(19)17-12-7-5-11(16)6-8-12/h5-8,10,13H,3-4,9H2,1-2H3,(H,17,19). The molecule has 1 aliphatic heterocycles. The number of benzene rings is 1. The molecule has 5 heteroatoms. The Morgan fingerprint density at radius 3 is 2.55 bits per heavy atom. The van der Waals surface area contributed by atoms with Gasteiger partial charge in [-0.25, -0.2) is 0 Å². The molecule has 108 valence electrons. The summed E-state index contributed by atoms with van der Waals surface area (Å²) in [6, 6.07) is 7.09. The predicted molar refractivity (Wildman–Crippen MR) is 82.3 cm³/mol. The molecule has 0 aliphatic carbocycles. The van der Waals surface area contributed by atoms with Gasteiger partial charge in [-0.2, -0.15) is 0 Å². The van der Waals surface area contributed by atoms with Crippen molar-refractivity contribution in [2.75, 3.05) is 11.9 Å². The number of hydrogen-bond acceptors (Lipinski definition) is 2. The average Bonchev–Trinajstić information content (AvgIpc) is 2.89. The second-order valence-electron chi connectivity index (χ2n) is 5.34. The van der Waals surface area contributed by atoms with Crippen molar-refractivity contribution in [3.05, 3.63) is 28.7 Å². The van der Waals surface area contributed by atoms with Gasteiger partial charge in [0.2, 0.25) is 11.8 Å². The number of halogens is 1. The van der Waals surface area contributed by atoms with Crippen LogP contribution in [0.5, 0.6) is 0 Å². The minimum Gasteiger partial charge on any atom is -0.330 e. The minimum atomic E-state index is -0.339. The first kappa shape index (κ1) is 15.0. The van der Waals surface area contributed by atoms with Crippen molar-refractivity contribution in [2.45, 2.75) is 32.7 Å². The molecule has 1 aromatic carbocycles. The van der Waals surface area contributed by atoms with Crippen LogP contribution in [0.15, 0.2) is 28.7 Å². The van der Waals surface area contributed by atoms with Gasteiger partial charge in [0.15, 0.2) is 0 Å². The average molecular weight is 339 g/mol. The maximum Gasteiger partial charge on any atom is 0.247 e. The largest absolute Gasteiger partial charge is 0.330 e. The molecular weight excluding hydrogens is 320 g/mol. The Labute approximate surface area is 127 Å². The van der Waals surface area contributed by atoms with Gasteiger partial charge in [-0.3, -0.25) is 9.59 Å². The maximum absolute atomic E-state index is 12.3. The lowest BCUT2D eigenvalue weighted by atomic mass is 10.1.